The molecule has 0 unspecified atom stereocenters. The van der Waals surface area contributed by atoms with Gasteiger partial charge in [0, 0.05) is 4.90 Å². The van der Waals surface area contributed by atoms with Crippen LogP contribution in [0, 0.1) is 0 Å². The molecule has 0 saturated heterocycles. The Balaban J connectivity index is 1.86. The molecule has 0 saturated carbocycles. The van der Waals surface area contributed by atoms with Gasteiger partial charge in [-0.15, -0.1) is 0 Å². The van der Waals surface area contributed by atoms with Crippen molar-refractivity contribution < 1.29 is 4.74 Å². The number of benzene rings is 2. The Kier molecular flexibility index (Phi) is 5.18. The summed E-state index contributed by atoms with van der Waals surface area (Å²) in [7, 11) is 0. The second-order valence-electron chi connectivity index (χ2n) is 4.91. The smallest absolute Gasteiger partial charge is 0.158 e. The lowest BCUT2D eigenvalue weighted by molar-refractivity contribution is 0.342. The van der Waals surface area contributed by atoms with Crippen molar-refractivity contribution in [3.8, 4) is 5.75 Å². The van der Waals surface area contributed by atoms with E-state index in [9.17, 15) is 0 Å². The van der Waals surface area contributed by atoms with Crippen LogP contribution in [0.3, 0.4) is 0 Å². The highest BCUT2D eigenvalue weighted by Gasteiger charge is 2.11. The first-order valence-corrected chi connectivity index (χ1v) is 8.41. The quantitative estimate of drug-likeness (QED) is 0.651. The van der Waals surface area contributed by atoms with Crippen molar-refractivity contribution in [1.82, 2.24) is 9.97 Å². The van der Waals surface area contributed by atoms with Crippen molar-refractivity contribution in [2.24, 2.45) is 0 Å². The normalized spacial score (nSPS) is 10.4. The third kappa shape index (κ3) is 3.78. The standard InChI is InChI=1S/C18H18N4OS/c1-2-23-15-11-7-6-10-14(15)22-17-16(19)18(21-12-20-17)24-13-8-4-3-5-9-13/h3-12H,2,19H2,1H3,(H,20,21,22). The van der Waals surface area contributed by atoms with Gasteiger partial charge < -0.3 is 15.8 Å². The fourth-order valence-electron chi connectivity index (χ4n) is 2.14. The molecule has 0 aliphatic heterocycles. The summed E-state index contributed by atoms with van der Waals surface area (Å²) in [4.78, 5) is 9.62. The average molecular weight is 338 g/mol. The number of nitrogens with zero attached hydrogens (tertiary/aromatic N) is 2. The van der Waals surface area contributed by atoms with Gasteiger partial charge in [-0.3, -0.25) is 0 Å². The van der Waals surface area contributed by atoms with Crippen LogP contribution in [-0.4, -0.2) is 16.6 Å². The second kappa shape index (κ2) is 7.70. The SMILES string of the molecule is CCOc1ccccc1Nc1ncnc(Sc2ccccc2)c1N. The summed E-state index contributed by atoms with van der Waals surface area (Å²) >= 11 is 1.51. The largest absolute Gasteiger partial charge is 0.492 e. The zero-order valence-corrected chi connectivity index (χ0v) is 14.1. The van der Waals surface area contributed by atoms with E-state index >= 15 is 0 Å². The monoisotopic (exact) mass is 338 g/mol. The van der Waals surface area contributed by atoms with Crippen LogP contribution in [0.25, 0.3) is 0 Å². The molecule has 0 amide bonds. The lowest BCUT2D eigenvalue weighted by atomic mass is 10.3. The van der Waals surface area contributed by atoms with Crippen LogP contribution in [0.5, 0.6) is 5.75 Å². The van der Waals surface area contributed by atoms with E-state index in [0.29, 0.717) is 23.1 Å². The molecule has 0 atom stereocenters. The van der Waals surface area contributed by atoms with E-state index in [0.717, 1.165) is 16.3 Å². The molecule has 6 heteroatoms. The van der Waals surface area contributed by atoms with Crippen LogP contribution in [0.15, 0.2) is 70.8 Å². The van der Waals surface area contributed by atoms with E-state index in [1.54, 1.807) is 0 Å². The minimum Gasteiger partial charge on any atom is -0.492 e. The lowest BCUT2D eigenvalue weighted by Crippen LogP contribution is -2.04. The van der Waals surface area contributed by atoms with Crippen molar-refractivity contribution in [1.29, 1.82) is 0 Å². The topological polar surface area (TPSA) is 73.1 Å². The zero-order valence-electron chi connectivity index (χ0n) is 13.3. The van der Waals surface area contributed by atoms with Crippen LogP contribution in [0.4, 0.5) is 17.2 Å². The van der Waals surface area contributed by atoms with Crippen LogP contribution in [0.1, 0.15) is 6.92 Å². The molecule has 0 fully saturated rings. The molecular weight excluding hydrogens is 320 g/mol. The number of rotatable bonds is 6. The number of nitrogens with two attached hydrogens (primary N) is 1. The van der Waals surface area contributed by atoms with Gasteiger partial charge in [0.05, 0.1) is 12.3 Å². The third-order valence-electron chi connectivity index (χ3n) is 3.25. The van der Waals surface area contributed by atoms with Crippen LogP contribution < -0.4 is 15.8 Å². The Morgan fingerprint density at radius 3 is 2.58 bits per heavy atom. The van der Waals surface area contributed by atoms with Gasteiger partial charge in [0.15, 0.2) is 5.82 Å². The molecule has 0 radical (unpaired) electrons. The molecule has 3 N–H and O–H groups in total. The number of nitrogen functional groups attached to an aromatic ring is 1. The first kappa shape index (κ1) is 16.1. The van der Waals surface area contributed by atoms with Crippen molar-refractivity contribution in [3.05, 3.63) is 60.9 Å². The fraction of sp³-hybridized carbons (Fsp3) is 0.111. The maximum absolute atomic E-state index is 6.25. The Morgan fingerprint density at radius 1 is 1.04 bits per heavy atom. The molecule has 5 nitrogen and oxygen atoms in total. The van der Waals surface area contributed by atoms with Gasteiger partial charge in [0.1, 0.15) is 22.8 Å². The summed E-state index contributed by atoms with van der Waals surface area (Å²) in [5.74, 6) is 1.32. The molecule has 1 heterocycles. The van der Waals surface area contributed by atoms with Gasteiger partial charge in [-0.25, -0.2) is 9.97 Å². The summed E-state index contributed by atoms with van der Waals surface area (Å²) in [6.45, 7) is 2.54. The maximum Gasteiger partial charge on any atom is 0.158 e. The number of aromatic nitrogens is 2. The van der Waals surface area contributed by atoms with Crippen LogP contribution in [0.2, 0.25) is 0 Å². The van der Waals surface area contributed by atoms with E-state index in [-0.39, 0.29) is 0 Å². The van der Waals surface area contributed by atoms with Crippen LogP contribution >= 0.6 is 11.8 Å². The maximum atomic E-state index is 6.25. The van der Waals surface area contributed by atoms with Crippen molar-refractivity contribution in [2.45, 2.75) is 16.8 Å². The van der Waals surface area contributed by atoms with E-state index in [1.165, 1.54) is 18.1 Å². The Morgan fingerprint density at radius 2 is 1.79 bits per heavy atom. The van der Waals surface area contributed by atoms with Gasteiger partial charge in [-0.05, 0) is 31.2 Å². The summed E-state index contributed by atoms with van der Waals surface area (Å²) in [5, 5.41) is 3.95. The predicted molar refractivity (Wildman–Crippen MR) is 97.9 cm³/mol. The minimum atomic E-state index is 0.512. The fourth-order valence-corrected chi connectivity index (χ4v) is 2.96. The Hall–Kier alpha value is -2.73. The first-order valence-electron chi connectivity index (χ1n) is 7.60. The summed E-state index contributed by atoms with van der Waals surface area (Å²) in [6, 6.07) is 17.7. The molecule has 0 aliphatic rings. The van der Waals surface area contributed by atoms with Gasteiger partial charge in [0.25, 0.3) is 0 Å². The summed E-state index contributed by atoms with van der Waals surface area (Å²) < 4.78 is 5.62. The number of nitrogens with one attached hydrogen (secondary N) is 1. The highest BCUT2D eigenvalue weighted by molar-refractivity contribution is 7.99. The first-order chi connectivity index (χ1) is 11.8. The molecular formula is C18H18N4OS. The predicted octanol–water partition coefficient (Wildman–Crippen LogP) is 4.35. The van der Waals surface area contributed by atoms with E-state index in [1.807, 2.05) is 61.5 Å². The lowest BCUT2D eigenvalue weighted by Gasteiger charge is -2.14. The molecule has 24 heavy (non-hydrogen) atoms. The molecule has 2 aromatic carbocycles. The number of hydrogen-bond donors (Lipinski definition) is 2. The highest BCUT2D eigenvalue weighted by atomic mass is 32.2. The minimum absolute atomic E-state index is 0.512. The Labute approximate surface area is 145 Å². The van der Waals surface area contributed by atoms with E-state index in [4.69, 9.17) is 10.5 Å². The summed E-state index contributed by atoms with van der Waals surface area (Å²) in [6.07, 6.45) is 1.51. The van der Waals surface area contributed by atoms with E-state index in [2.05, 4.69) is 15.3 Å². The average Bonchev–Trinajstić information content (AvgIpc) is 2.61. The van der Waals surface area contributed by atoms with Crippen molar-refractivity contribution >= 4 is 29.0 Å². The number of para-hydroxylation sites is 2. The van der Waals surface area contributed by atoms with Gasteiger partial charge >= 0.3 is 0 Å². The molecule has 122 valence electrons. The van der Waals surface area contributed by atoms with Gasteiger partial charge in [0.2, 0.25) is 0 Å². The molecule has 3 aromatic rings. The zero-order chi connectivity index (χ0) is 16.8. The van der Waals surface area contributed by atoms with Gasteiger partial charge in [-0.2, -0.15) is 0 Å². The second-order valence-corrected chi connectivity index (χ2v) is 5.97. The molecule has 3 rings (SSSR count). The Bertz CT molecular complexity index is 811. The van der Waals surface area contributed by atoms with Gasteiger partial charge in [-0.1, -0.05) is 42.1 Å². The summed E-state index contributed by atoms with van der Waals surface area (Å²) in [5.41, 5.74) is 7.59. The van der Waals surface area contributed by atoms with E-state index < -0.39 is 0 Å². The van der Waals surface area contributed by atoms with Crippen molar-refractivity contribution in [2.75, 3.05) is 17.7 Å². The number of anilines is 3. The number of hydrogen-bond acceptors (Lipinski definition) is 6. The number of ether oxygens (including phenoxy) is 1. The molecule has 0 bridgehead atoms. The molecule has 0 spiro atoms. The molecule has 0 aliphatic carbocycles. The third-order valence-corrected chi connectivity index (χ3v) is 4.27. The highest BCUT2D eigenvalue weighted by Crippen LogP contribution is 2.35. The van der Waals surface area contributed by atoms with Crippen LogP contribution in [-0.2, 0) is 0 Å². The van der Waals surface area contributed by atoms with Crippen molar-refractivity contribution in [3.63, 3.8) is 0 Å². The molecule has 1 aromatic heterocycles.